The van der Waals surface area contributed by atoms with E-state index in [9.17, 15) is 0 Å². The van der Waals surface area contributed by atoms with Gasteiger partial charge in [0.2, 0.25) is 0 Å². The van der Waals surface area contributed by atoms with Crippen LogP contribution in [-0.2, 0) is 15.3 Å². The van der Waals surface area contributed by atoms with E-state index in [-0.39, 0.29) is 6.10 Å². The standard InChI is InChI=1S/C15H28O2Si2/c1-18(2,3)16-13-15(17-19(4,5)6)12-14-10-8-7-9-11-14/h7-11,15H,12-13H2,1-6H3/t15-/m0/s1. The van der Waals surface area contributed by atoms with Crippen LogP contribution in [0.25, 0.3) is 0 Å². The van der Waals surface area contributed by atoms with Gasteiger partial charge in [0, 0.05) is 0 Å². The molecule has 0 saturated heterocycles. The molecular weight excluding hydrogens is 268 g/mol. The first-order chi connectivity index (χ1) is 8.66. The van der Waals surface area contributed by atoms with Crippen molar-refractivity contribution in [2.24, 2.45) is 0 Å². The van der Waals surface area contributed by atoms with E-state index in [0.717, 1.165) is 13.0 Å². The van der Waals surface area contributed by atoms with E-state index in [2.05, 4.69) is 69.6 Å². The summed E-state index contributed by atoms with van der Waals surface area (Å²) in [5.74, 6) is 0. The summed E-state index contributed by atoms with van der Waals surface area (Å²) in [6, 6.07) is 10.5. The summed E-state index contributed by atoms with van der Waals surface area (Å²) in [5.41, 5.74) is 1.32. The molecule has 0 aliphatic rings. The molecule has 0 aliphatic heterocycles. The molecular formula is C15H28O2Si2. The lowest BCUT2D eigenvalue weighted by Gasteiger charge is -2.29. The van der Waals surface area contributed by atoms with Gasteiger partial charge in [0.15, 0.2) is 16.6 Å². The Balaban J connectivity index is 2.64. The summed E-state index contributed by atoms with van der Waals surface area (Å²) >= 11 is 0. The fourth-order valence-electron chi connectivity index (χ4n) is 1.85. The Morgan fingerprint density at radius 2 is 1.47 bits per heavy atom. The van der Waals surface area contributed by atoms with E-state index in [1.54, 1.807) is 0 Å². The molecule has 108 valence electrons. The molecule has 0 amide bonds. The smallest absolute Gasteiger partial charge is 0.184 e. The van der Waals surface area contributed by atoms with Crippen molar-refractivity contribution in [2.45, 2.75) is 51.8 Å². The average Bonchev–Trinajstić information content (AvgIpc) is 2.24. The van der Waals surface area contributed by atoms with Gasteiger partial charge in [-0.1, -0.05) is 30.3 Å². The molecule has 4 heteroatoms. The fraction of sp³-hybridized carbons (Fsp3) is 0.600. The van der Waals surface area contributed by atoms with Crippen LogP contribution in [-0.4, -0.2) is 29.3 Å². The zero-order valence-electron chi connectivity index (χ0n) is 13.2. The van der Waals surface area contributed by atoms with E-state index in [4.69, 9.17) is 8.85 Å². The van der Waals surface area contributed by atoms with Crippen LogP contribution >= 0.6 is 0 Å². The second kappa shape index (κ2) is 6.84. The van der Waals surface area contributed by atoms with Crippen molar-refractivity contribution in [3.05, 3.63) is 35.9 Å². The second-order valence-corrected chi connectivity index (χ2v) is 15.9. The van der Waals surface area contributed by atoms with Gasteiger partial charge in [0.05, 0.1) is 12.7 Å². The fourth-order valence-corrected chi connectivity index (χ4v) is 3.69. The summed E-state index contributed by atoms with van der Waals surface area (Å²) in [6.07, 6.45) is 1.12. The van der Waals surface area contributed by atoms with E-state index in [1.165, 1.54) is 5.56 Å². The lowest BCUT2D eigenvalue weighted by Crippen LogP contribution is -2.39. The van der Waals surface area contributed by atoms with Gasteiger partial charge in [-0.25, -0.2) is 0 Å². The second-order valence-electron chi connectivity index (χ2n) is 6.97. The van der Waals surface area contributed by atoms with Crippen LogP contribution in [0.3, 0.4) is 0 Å². The van der Waals surface area contributed by atoms with E-state index >= 15 is 0 Å². The third kappa shape index (κ3) is 8.36. The highest BCUT2D eigenvalue weighted by Gasteiger charge is 2.24. The Bertz CT molecular complexity index is 366. The summed E-state index contributed by atoms with van der Waals surface area (Å²) in [5, 5.41) is 0. The summed E-state index contributed by atoms with van der Waals surface area (Å²) in [4.78, 5) is 0. The van der Waals surface area contributed by atoms with Crippen molar-refractivity contribution in [1.82, 2.24) is 0 Å². The molecule has 2 nitrogen and oxygen atoms in total. The zero-order valence-corrected chi connectivity index (χ0v) is 15.2. The van der Waals surface area contributed by atoms with E-state index in [1.807, 2.05) is 0 Å². The Labute approximate surface area is 120 Å². The minimum absolute atomic E-state index is 0.181. The first-order valence-corrected chi connectivity index (χ1v) is 13.8. The van der Waals surface area contributed by atoms with Crippen LogP contribution < -0.4 is 0 Å². The molecule has 0 spiro atoms. The first kappa shape index (κ1) is 16.6. The molecule has 1 aromatic rings. The lowest BCUT2D eigenvalue weighted by molar-refractivity contribution is 0.119. The van der Waals surface area contributed by atoms with Crippen molar-refractivity contribution in [3.8, 4) is 0 Å². The molecule has 1 aromatic carbocycles. The van der Waals surface area contributed by atoms with Crippen molar-refractivity contribution in [1.29, 1.82) is 0 Å². The van der Waals surface area contributed by atoms with Crippen LogP contribution in [0.15, 0.2) is 30.3 Å². The number of hydrogen-bond donors (Lipinski definition) is 0. The highest BCUT2D eigenvalue weighted by atomic mass is 28.4. The number of benzene rings is 1. The maximum Gasteiger partial charge on any atom is 0.184 e. The van der Waals surface area contributed by atoms with Crippen LogP contribution in [0.2, 0.25) is 39.3 Å². The summed E-state index contributed by atoms with van der Waals surface area (Å²) in [6.45, 7) is 14.1. The van der Waals surface area contributed by atoms with Gasteiger partial charge in [0.1, 0.15) is 0 Å². The Hall–Kier alpha value is -0.426. The van der Waals surface area contributed by atoms with Crippen LogP contribution in [0.5, 0.6) is 0 Å². The van der Waals surface area contributed by atoms with Gasteiger partial charge in [-0.3, -0.25) is 0 Å². The van der Waals surface area contributed by atoms with Gasteiger partial charge < -0.3 is 8.85 Å². The monoisotopic (exact) mass is 296 g/mol. The average molecular weight is 297 g/mol. The molecule has 0 heterocycles. The van der Waals surface area contributed by atoms with Gasteiger partial charge in [-0.15, -0.1) is 0 Å². The number of hydrogen-bond acceptors (Lipinski definition) is 2. The molecule has 1 atom stereocenters. The molecule has 0 aromatic heterocycles. The predicted octanol–water partition coefficient (Wildman–Crippen LogP) is 4.30. The third-order valence-electron chi connectivity index (χ3n) is 2.53. The molecule has 0 fully saturated rings. The van der Waals surface area contributed by atoms with Gasteiger partial charge in [-0.2, -0.15) is 0 Å². The van der Waals surface area contributed by atoms with Crippen LogP contribution in [0.1, 0.15) is 5.56 Å². The SMILES string of the molecule is C[Si](C)(C)OC[C@H](Cc1ccccc1)O[Si](C)(C)C. The minimum atomic E-state index is -1.54. The highest BCUT2D eigenvalue weighted by Crippen LogP contribution is 2.15. The van der Waals surface area contributed by atoms with Crippen molar-refractivity contribution < 1.29 is 8.85 Å². The Kier molecular flexibility index (Phi) is 5.98. The Morgan fingerprint density at radius 3 is 1.95 bits per heavy atom. The quantitative estimate of drug-likeness (QED) is 0.698. The van der Waals surface area contributed by atoms with Crippen LogP contribution in [0.4, 0.5) is 0 Å². The Morgan fingerprint density at radius 1 is 0.895 bits per heavy atom. The largest absolute Gasteiger partial charge is 0.415 e. The van der Waals surface area contributed by atoms with Crippen molar-refractivity contribution >= 4 is 16.6 Å². The summed E-state index contributed by atoms with van der Waals surface area (Å²) < 4.78 is 12.3. The van der Waals surface area contributed by atoms with Gasteiger partial charge in [0.25, 0.3) is 0 Å². The molecule has 0 unspecified atom stereocenters. The summed E-state index contributed by atoms with van der Waals surface area (Å²) in [7, 11) is -3.01. The molecule has 0 aliphatic carbocycles. The molecule has 0 saturated carbocycles. The normalized spacial score (nSPS) is 14.4. The predicted molar refractivity (Wildman–Crippen MR) is 87.7 cm³/mol. The van der Waals surface area contributed by atoms with Gasteiger partial charge in [-0.05, 0) is 51.3 Å². The van der Waals surface area contributed by atoms with Crippen LogP contribution in [0, 0.1) is 0 Å². The van der Waals surface area contributed by atoms with Crippen molar-refractivity contribution in [3.63, 3.8) is 0 Å². The molecule has 0 radical (unpaired) electrons. The zero-order chi connectivity index (χ0) is 14.5. The first-order valence-electron chi connectivity index (χ1n) is 7.01. The molecule has 0 N–H and O–H groups in total. The van der Waals surface area contributed by atoms with E-state index in [0.29, 0.717) is 0 Å². The maximum atomic E-state index is 6.27. The molecule has 1 rings (SSSR count). The third-order valence-corrected chi connectivity index (χ3v) is 4.60. The van der Waals surface area contributed by atoms with E-state index < -0.39 is 16.6 Å². The molecule has 0 bridgehead atoms. The van der Waals surface area contributed by atoms with Crippen molar-refractivity contribution in [2.75, 3.05) is 6.61 Å². The molecule has 19 heavy (non-hydrogen) atoms. The van der Waals surface area contributed by atoms with Gasteiger partial charge >= 0.3 is 0 Å². The lowest BCUT2D eigenvalue weighted by atomic mass is 10.1. The maximum absolute atomic E-state index is 6.27. The topological polar surface area (TPSA) is 18.5 Å². The number of rotatable bonds is 7. The minimum Gasteiger partial charge on any atom is -0.415 e. The highest BCUT2D eigenvalue weighted by molar-refractivity contribution is 6.70.